The van der Waals surface area contributed by atoms with Crippen molar-refractivity contribution in [3.63, 3.8) is 0 Å². The molecule has 1 saturated carbocycles. The van der Waals surface area contributed by atoms with Gasteiger partial charge in [0.2, 0.25) is 0 Å². The average molecular weight is 291 g/mol. The number of rotatable bonds is 6. The number of hydrogen-bond donors (Lipinski definition) is 1. The van der Waals surface area contributed by atoms with E-state index >= 15 is 0 Å². The van der Waals surface area contributed by atoms with E-state index in [0.717, 1.165) is 30.9 Å². The molecule has 1 aromatic carbocycles. The minimum Gasteiger partial charge on any atom is -0.493 e. The molecule has 0 aromatic heterocycles. The zero-order chi connectivity index (χ0) is 15.5. The van der Waals surface area contributed by atoms with Crippen molar-refractivity contribution in [3.05, 3.63) is 23.8 Å². The third-order valence-electron chi connectivity index (χ3n) is 4.63. The Morgan fingerprint density at radius 3 is 2.62 bits per heavy atom. The number of likely N-dealkylation sites (N-methyl/N-ethyl adjacent to an activating group) is 1. The van der Waals surface area contributed by atoms with E-state index in [4.69, 9.17) is 9.47 Å². The highest BCUT2D eigenvalue weighted by Crippen LogP contribution is 2.41. The van der Waals surface area contributed by atoms with Crippen molar-refractivity contribution in [2.45, 2.75) is 59.1 Å². The monoisotopic (exact) mass is 291 g/mol. The molecule has 2 unspecified atom stereocenters. The van der Waals surface area contributed by atoms with E-state index in [1.807, 2.05) is 6.07 Å². The highest BCUT2D eigenvalue weighted by atomic mass is 16.5. The third-order valence-corrected chi connectivity index (χ3v) is 4.63. The van der Waals surface area contributed by atoms with Gasteiger partial charge in [0.25, 0.3) is 0 Å². The molecule has 0 radical (unpaired) electrons. The van der Waals surface area contributed by atoms with Gasteiger partial charge in [-0.05, 0) is 48.9 Å². The van der Waals surface area contributed by atoms with Crippen LogP contribution >= 0.6 is 0 Å². The predicted octanol–water partition coefficient (Wildman–Crippen LogP) is 3.80. The van der Waals surface area contributed by atoms with Gasteiger partial charge in [0, 0.05) is 6.04 Å². The van der Waals surface area contributed by atoms with Crippen LogP contribution in [0.25, 0.3) is 0 Å². The van der Waals surface area contributed by atoms with Crippen LogP contribution in [0.3, 0.4) is 0 Å². The molecule has 3 nitrogen and oxygen atoms in total. The zero-order valence-corrected chi connectivity index (χ0v) is 14.0. The minimum absolute atomic E-state index is 0.210. The minimum atomic E-state index is 0.210. The van der Waals surface area contributed by atoms with Gasteiger partial charge in [-0.15, -0.1) is 0 Å². The summed E-state index contributed by atoms with van der Waals surface area (Å²) in [7, 11) is 1.71. The zero-order valence-electron chi connectivity index (χ0n) is 14.0. The number of hydrogen-bond acceptors (Lipinski definition) is 3. The first-order valence-corrected chi connectivity index (χ1v) is 8.08. The quantitative estimate of drug-likeness (QED) is 0.864. The Kier molecular flexibility index (Phi) is 5.15. The van der Waals surface area contributed by atoms with Crippen LogP contribution in [0, 0.1) is 5.41 Å². The van der Waals surface area contributed by atoms with Crippen LogP contribution in [0.2, 0.25) is 0 Å². The lowest BCUT2D eigenvalue weighted by atomic mass is 9.87. The lowest BCUT2D eigenvalue weighted by Crippen LogP contribution is -2.46. The van der Waals surface area contributed by atoms with Crippen molar-refractivity contribution in [3.8, 4) is 11.5 Å². The molecule has 0 amide bonds. The van der Waals surface area contributed by atoms with Gasteiger partial charge < -0.3 is 14.8 Å². The van der Waals surface area contributed by atoms with E-state index in [2.05, 4.69) is 45.1 Å². The normalized spacial score (nSPS) is 24.0. The Balaban J connectivity index is 2.17. The molecular formula is C18H29NO2. The van der Waals surface area contributed by atoms with Gasteiger partial charge in [0.1, 0.15) is 6.10 Å². The molecule has 21 heavy (non-hydrogen) atoms. The van der Waals surface area contributed by atoms with Gasteiger partial charge in [-0.3, -0.25) is 0 Å². The van der Waals surface area contributed by atoms with Gasteiger partial charge in [0.15, 0.2) is 11.5 Å². The number of nitrogens with one attached hydrogen (secondary N) is 1. The lowest BCUT2D eigenvalue weighted by molar-refractivity contribution is 0.137. The first-order valence-electron chi connectivity index (χ1n) is 8.08. The van der Waals surface area contributed by atoms with Crippen LogP contribution in [0.5, 0.6) is 11.5 Å². The Morgan fingerprint density at radius 2 is 2.00 bits per heavy atom. The van der Waals surface area contributed by atoms with E-state index in [-0.39, 0.29) is 11.5 Å². The summed E-state index contributed by atoms with van der Waals surface area (Å²) in [6.45, 7) is 9.92. The third kappa shape index (κ3) is 3.52. The van der Waals surface area contributed by atoms with Gasteiger partial charge in [-0.2, -0.15) is 0 Å². The first kappa shape index (κ1) is 16.2. The summed E-state index contributed by atoms with van der Waals surface area (Å²) < 4.78 is 11.8. The fourth-order valence-electron chi connectivity index (χ4n) is 3.29. The molecule has 1 fully saturated rings. The summed E-state index contributed by atoms with van der Waals surface area (Å²) in [6, 6.07) is 6.64. The molecule has 2 atom stereocenters. The van der Waals surface area contributed by atoms with Gasteiger partial charge >= 0.3 is 0 Å². The van der Waals surface area contributed by atoms with Crippen LogP contribution in [0.15, 0.2) is 18.2 Å². The fourth-order valence-corrected chi connectivity index (χ4v) is 3.29. The second-order valence-electron chi connectivity index (χ2n) is 6.56. The molecule has 0 bridgehead atoms. The summed E-state index contributed by atoms with van der Waals surface area (Å²) in [5.74, 6) is 1.70. The number of methoxy groups -OCH3 is 1. The summed E-state index contributed by atoms with van der Waals surface area (Å²) in [4.78, 5) is 0. The lowest BCUT2D eigenvalue weighted by Gasteiger charge is -2.31. The van der Waals surface area contributed by atoms with Crippen molar-refractivity contribution in [1.82, 2.24) is 5.32 Å². The second-order valence-corrected chi connectivity index (χ2v) is 6.56. The summed E-state index contributed by atoms with van der Waals surface area (Å²) in [6.07, 6.45) is 3.49. The average Bonchev–Trinajstić information content (AvgIpc) is 2.75. The Labute approximate surface area is 129 Å². The highest BCUT2D eigenvalue weighted by Gasteiger charge is 2.43. The number of benzene rings is 1. The van der Waals surface area contributed by atoms with E-state index < -0.39 is 0 Å². The maximum Gasteiger partial charge on any atom is 0.161 e. The molecule has 1 N–H and O–H groups in total. The van der Waals surface area contributed by atoms with E-state index in [1.165, 1.54) is 12.0 Å². The summed E-state index contributed by atoms with van der Waals surface area (Å²) >= 11 is 0. The Bertz CT molecular complexity index is 470. The standard InChI is InChI=1S/C18H29NO2/c1-6-13-8-9-14(16(12-13)20-5)21-15-10-11-18(3,4)17(15)19-7-2/h8-9,12,15,17,19H,6-7,10-11H2,1-5H3. The molecule has 1 aromatic rings. The maximum absolute atomic E-state index is 6.31. The number of aryl methyl sites for hydroxylation is 1. The van der Waals surface area contributed by atoms with Crippen molar-refractivity contribution in [2.24, 2.45) is 5.41 Å². The van der Waals surface area contributed by atoms with Crippen LogP contribution in [-0.2, 0) is 6.42 Å². The molecule has 0 spiro atoms. The van der Waals surface area contributed by atoms with Crippen molar-refractivity contribution in [2.75, 3.05) is 13.7 Å². The highest BCUT2D eigenvalue weighted by molar-refractivity contribution is 5.43. The van der Waals surface area contributed by atoms with Crippen LogP contribution in [-0.4, -0.2) is 25.8 Å². The molecule has 0 saturated heterocycles. The fraction of sp³-hybridized carbons (Fsp3) is 0.667. The van der Waals surface area contributed by atoms with E-state index in [0.29, 0.717) is 6.04 Å². The SMILES string of the molecule is CCNC1C(Oc2ccc(CC)cc2OC)CCC1(C)C. The van der Waals surface area contributed by atoms with Crippen LogP contribution in [0.4, 0.5) is 0 Å². The molecule has 118 valence electrons. The number of ether oxygens (including phenoxy) is 2. The van der Waals surface area contributed by atoms with Gasteiger partial charge in [0.05, 0.1) is 7.11 Å². The first-order chi connectivity index (χ1) is 10.0. The van der Waals surface area contributed by atoms with Gasteiger partial charge in [-0.25, -0.2) is 0 Å². The molecule has 0 aliphatic heterocycles. The van der Waals surface area contributed by atoms with Crippen molar-refractivity contribution >= 4 is 0 Å². The maximum atomic E-state index is 6.31. The Hall–Kier alpha value is -1.22. The predicted molar refractivity (Wildman–Crippen MR) is 87.3 cm³/mol. The summed E-state index contributed by atoms with van der Waals surface area (Å²) in [5.41, 5.74) is 1.55. The smallest absolute Gasteiger partial charge is 0.161 e. The van der Waals surface area contributed by atoms with E-state index in [1.54, 1.807) is 7.11 Å². The van der Waals surface area contributed by atoms with Gasteiger partial charge in [-0.1, -0.05) is 33.8 Å². The molecule has 0 heterocycles. The second kappa shape index (κ2) is 6.69. The largest absolute Gasteiger partial charge is 0.493 e. The molecule has 2 rings (SSSR count). The van der Waals surface area contributed by atoms with Crippen LogP contribution < -0.4 is 14.8 Å². The van der Waals surface area contributed by atoms with Crippen molar-refractivity contribution < 1.29 is 9.47 Å². The summed E-state index contributed by atoms with van der Waals surface area (Å²) in [5, 5.41) is 3.60. The molecule has 1 aliphatic rings. The van der Waals surface area contributed by atoms with E-state index in [9.17, 15) is 0 Å². The topological polar surface area (TPSA) is 30.5 Å². The molecular weight excluding hydrogens is 262 g/mol. The molecule has 1 aliphatic carbocycles. The Morgan fingerprint density at radius 1 is 1.24 bits per heavy atom. The van der Waals surface area contributed by atoms with Crippen LogP contribution in [0.1, 0.15) is 46.1 Å². The van der Waals surface area contributed by atoms with Crippen molar-refractivity contribution in [1.29, 1.82) is 0 Å². The molecule has 3 heteroatoms.